The number of urea groups is 1. The van der Waals surface area contributed by atoms with Gasteiger partial charge in [-0.3, -0.25) is 9.78 Å². The summed E-state index contributed by atoms with van der Waals surface area (Å²) in [6.07, 6.45) is 0.877. The molecule has 8 nitrogen and oxygen atoms in total. The van der Waals surface area contributed by atoms with Crippen molar-refractivity contribution in [2.24, 2.45) is 4.99 Å². The molecule has 2 amide bonds. The monoisotopic (exact) mass is 446 g/mol. The van der Waals surface area contributed by atoms with Crippen molar-refractivity contribution >= 4 is 41.1 Å². The van der Waals surface area contributed by atoms with Crippen LogP contribution in [-0.4, -0.2) is 26.9 Å². The number of hydrogen-bond donors (Lipinski definition) is 3. The highest BCUT2D eigenvalue weighted by Gasteiger charge is 2.16. The molecule has 1 heterocycles. The van der Waals surface area contributed by atoms with Crippen LogP contribution in [0.2, 0.25) is 10.0 Å². The summed E-state index contributed by atoms with van der Waals surface area (Å²) in [7, 11) is 0. The molecule has 3 aromatic rings. The van der Waals surface area contributed by atoms with E-state index < -0.39 is 23.2 Å². The van der Waals surface area contributed by atoms with E-state index in [4.69, 9.17) is 23.2 Å². The van der Waals surface area contributed by atoms with Gasteiger partial charge in [-0.05, 0) is 49.2 Å². The van der Waals surface area contributed by atoms with Crippen molar-refractivity contribution < 1.29 is 9.90 Å². The van der Waals surface area contributed by atoms with Crippen LogP contribution in [0.25, 0.3) is 5.69 Å². The molecular weight excluding hydrogens is 431 g/mol. The number of benzene rings is 2. The van der Waals surface area contributed by atoms with Crippen LogP contribution in [0.1, 0.15) is 16.7 Å². The Labute approximate surface area is 180 Å². The lowest BCUT2D eigenvalue weighted by Gasteiger charge is -2.12. The molecule has 0 aliphatic heterocycles. The van der Waals surface area contributed by atoms with E-state index in [0.29, 0.717) is 22.0 Å². The summed E-state index contributed by atoms with van der Waals surface area (Å²) in [4.78, 5) is 42.3. The molecule has 0 saturated carbocycles. The summed E-state index contributed by atoms with van der Waals surface area (Å²) in [5.41, 5.74) is 0.233. The fraction of sp³-hybridized carbons (Fsp3) is 0.100. The number of nitrogens with zero attached hydrogens (tertiary/aromatic N) is 2. The fourth-order valence-electron chi connectivity index (χ4n) is 2.69. The second-order valence-corrected chi connectivity index (χ2v) is 7.25. The van der Waals surface area contributed by atoms with E-state index in [9.17, 15) is 19.5 Å². The van der Waals surface area contributed by atoms with Gasteiger partial charge < -0.3 is 10.4 Å². The van der Waals surface area contributed by atoms with Crippen molar-refractivity contribution in [3.8, 4) is 11.6 Å². The van der Waals surface area contributed by atoms with Crippen molar-refractivity contribution in [3.63, 3.8) is 0 Å². The fourth-order valence-corrected chi connectivity index (χ4v) is 2.99. The molecule has 3 rings (SSSR count). The standard InChI is InChI=1S/C20H16Cl2N4O4/c1-10-3-4-11(2)16(7-10)26-18(28)13(17(27)25-20(26)30)9-23-19(29)24-12-5-6-14(21)15(22)8-12/h3-9,28H,1-2H3,(H,24,29)(H,25,27,30). The summed E-state index contributed by atoms with van der Waals surface area (Å²) in [5.74, 6) is -0.636. The number of aromatic nitrogens is 2. The lowest BCUT2D eigenvalue weighted by atomic mass is 10.1. The zero-order valence-electron chi connectivity index (χ0n) is 15.9. The van der Waals surface area contributed by atoms with Crippen LogP contribution >= 0.6 is 23.2 Å². The van der Waals surface area contributed by atoms with Gasteiger partial charge in [-0.15, -0.1) is 0 Å². The van der Waals surface area contributed by atoms with Crippen molar-refractivity contribution in [2.75, 3.05) is 5.32 Å². The molecule has 0 unspecified atom stereocenters. The van der Waals surface area contributed by atoms with Gasteiger partial charge in [0.15, 0.2) is 0 Å². The number of amides is 2. The topological polar surface area (TPSA) is 117 Å². The molecule has 0 radical (unpaired) electrons. The van der Waals surface area contributed by atoms with Gasteiger partial charge in [0.05, 0.1) is 21.9 Å². The van der Waals surface area contributed by atoms with Crippen LogP contribution in [-0.2, 0) is 0 Å². The first kappa shape index (κ1) is 21.4. The molecule has 0 aliphatic rings. The van der Waals surface area contributed by atoms with E-state index in [1.54, 1.807) is 19.1 Å². The summed E-state index contributed by atoms with van der Waals surface area (Å²) in [6, 6.07) is 8.95. The third-order valence-electron chi connectivity index (χ3n) is 4.21. The van der Waals surface area contributed by atoms with Gasteiger partial charge in [0.1, 0.15) is 5.56 Å². The summed E-state index contributed by atoms with van der Waals surface area (Å²) >= 11 is 11.7. The number of hydrogen-bond acceptors (Lipinski definition) is 4. The van der Waals surface area contributed by atoms with Crippen LogP contribution in [0.5, 0.6) is 5.88 Å². The molecule has 1 aromatic heterocycles. The third-order valence-corrected chi connectivity index (χ3v) is 4.95. The number of H-pyrrole nitrogens is 1. The number of aliphatic imine (C=N–C) groups is 1. The van der Waals surface area contributed by atoms with E-state index >= 15 is 0 Å². The number of anilines is 1. The molecule has 0 fully saturated rings. The van der Waals surface area contributed by atoms with E-state index in [1.165, 1.54) is 18.2 Å². The Morgan fingerprint density at radius 2 is 1.87 bits per heavy atom. The van der Waals surface area contributed by atoms with Gasteiger partial charge in [0.25, 0.3) is 5.56 Å². The van der Waals surface area contributed by atoms with Crippen LogP contribution in [0, 0.1) is 13.8 Å². The SMILES string of the molecule is Cc1ccc(C)c(-n2c(O)c(C=NC(=O)Nc3ccc(Cl)c(Cl)c3)c(=O)[nH]c2=O)c1. The number of nitrogens with one attached hydrogen (secondary N) is 2. The Kier molecular flexibility index (Phi) is 6.09. The second kappa shape index (κ2) is 8.56. The number of halogens is 2. The Hall–Kier alpha value is -3.36. The molecule has 0 spiro atoms. The normalized spacial score (nSPS) is 11.1. The maximum Gasteiger partial charge on any atom is 0.345 e. The molecule has 10 heteroatoms. The molecule has 0 atom stereocenters. The molecule has 0 saturated heterocycles. The number of aromatic hydroxyl groups is 1. The smallest absolute Gasteiger partial charge is 0.345 e. The van der Waals surface area contributed by atoms with Gasteiger partial charge in [0.2, 0.25) is 5.88 Å². The van der Waals surface area contributed by atoms with Gasteiger partial charge >= 0.3 is 11.7 Å². The Bertz CT molecular complexity index is 1290. The van der Waals surface area contributed by atoms with Gasteiger partial charge in [-0.25, -0.2) is 19.1 Å². The summed E-state index contributed by atoms with van der Waals surface area (Å²) < 4.78 is 0.946. The minimum absolute atomic E-state index is 0.244. The van der Waals surface area contributed by atoms with Crippen molar-refractivity contribution in [3.05, 3.63) is 84.0 Å². The Balaban J connectivity index is 1.97. The van der Waals surface area contributed by atoms with Crippen LogP contribution in [0.4, 0.5) is 10.5 Å². The quantitative estimate of drug-likeness (QED) is 0.530. The van der Waals surface area contributed by atoms with Crippen molar-refractivity contribution in [1.29, 1.82) is 0 Å². The summed E-state index contributed by atoms with van der Waals surface area (Å²) in [6.45, 7) is 3.58. The number of carbonyl (C=O) groups excluding carboxylic acids is 1. The van der Waals surface area contributed by atoms with Crippen molar-refractivity contribution in [2.45, 2.75) is 13.8 Å². The Morgan fingerprint density at radius 3 is 2.57 bits per heavy atom. The van der Waals surface area contributed by atoms with E-state index in [1.807, 2.05) is 13.0 Å². The van der Waals surface area contributed by atoms with Gasteiger partial charge in [-0.1, -0.05) is 35.3 Å². The van der Waals surface area contributed by atoms with E-state index in [0.717, 1.165) is 16.3 Å². The molecule has 0 aliphatic carbocycles. The lowest BCUT2D eigenvalue weighted by Crippen LogP contribution is -2.31. The first-order valence-electron chi connectivity index (χ1n) is 8.63. The number of rotatable bonds is 3. The average Bonchev–Trinajstić information content (AvgIpc) is 2.67. The molecule has 2 aromatic carbocycles. The lowest BCUT2D eigenvalue weighted by molar-refractivity contribution is 0.259. The first-order chi connectivity index (χ1) is 14.2. The predicted molar refractivity (Wildman–Crippen MR) is 117 cm³/mol. The molecule has 0 bridgehead atoms. The molecule has 3 N–H and O–H groups in total. The van der Waals surface area contributed by atoms with Crippen molar-refractivity contribution in [1.82, 2.24) is 9.55 Å². The predicted octanol–water partition coefficient (Wildman–Crippen LogP) is 3.81. The highest BCUT2D eigenvalue weighted by Crippen LogP contribution is 2.25. The zero-order chi connectivity index (χ0) is 22.0. The van der Waals surface area contributed by atoms with E-state index in [2.05, 4.69) is 15.3 Å². The molecular formula is C20H16Cl2N4O4. The summed E-state index contributed by atoms with van der Waals surface area (Å²) in [5, 5.41) is 13.6. The number of carbonyl (C=O) groups is 1. The maximum absolute atomic E-state index is 12.3. The highest BCUT2D eigenvalue weighted by molar-refractivity contribution is 6.42. The number of aryl methyl sites for hydroxylation is 2. The molecule has 30 heavy (non-hydrogen) atoms. The molecule has 154 valence electrons. The third kappa shape index (κ3) is 4.45. The zero-order valence-corrected chi connectivity index (χ0v) is 17.4. The van der Waals surface area contributed by atoms with Gasteiger partial charge in [-0.2, -0.15) is 0 Å². The largest absolute Gasteiger partial charge is 0.493 e. The minimum atomic E-state index is -0.884. The van der Waals surface area contributed by atoms with E-state index in [-0.39, 0.29) is 10.6 Å². The first-order valence-corrected chi connectivity index (χ1v) is 9.39. The Morgan fingerprint density at radius 1 is 1.13 bits per heavy atom. The van der Waals surface area contributed by atoms with Crippen LogP contribution in [0.15, 0.2) is 51.0 Å². The number of aromatic amines is 1. The van der Waals surface area contributed by atoms with Gasteiger partial charge in [0, 0.05) is 5.69 Å². The minimum Gasteiger partial charge on any atom is -0.493 e. The van der Waals surface area contributed by atoms with Crippen LogP contribution < -0.4 is 16.6 Å². The second-order valence-electron chi connectivity index (χ2n) is 6.44. The highest BCUT2D eigenvalue weighted by atomic mass is 35.5. The van der Waals surface area contributed by atoms with Crippen LogP contribution in [0.3, 0.4) is 0 Å². The average molecular weight is 447 g/mol. The maximum atomic E-state index is 12.3.